The minimum absolute atomic E-state index is 0.0935. The normalized spacial score (nSPS) is 22.9. The second-order valence-corrected chi connectivity index (χ2v) is 15.7. The third-order valence-corrected chi connectivity index (χ3v) is 9.55. The van der Waals surface area contributed by atoms with Crippen molar-refractivity contribution in [2.75, 3.05) is 24.7 Å². The van der Waals surface area contributed by atoms with Crippen LogP contribution in [0.25, 0.3) is 22.3 Å². The Kier molecular flexibility index (Phi) is 15.8. The molecule has 6 heterocycles. The topological polar surface area (TPSA) is 294 Å². The van der Waals surface area contributed by atoms with Gasteiger partial charge in [-0.3, -0.25) is 28.3 Å². The number of imidazole rings is 2. The highest BCUT2D eigenvalue weighted by molar-refractivity contribution is 5.87. The van der Waals surface area contributed by atoms with Crippen molar-refractivity contribution in [1.82, 2.24) is 39.0 Å². The van der Waals surface area contributed by atoms with E-state index >= 15 is 0 Å². The molecule has 0 spiro atoms. The molecule has 6 rings (SSSR count). The SMILES string of the molecule is C#C[C@]1(CO)O[C@@H](n2cnc3c(N)nc(F)nc32)C[C@@H]1O.C#C[C@]1(COC(=O)C(C)C)O[C@@H](n2cnc3c(N)nc(F)nc32)C[C@@H]1OC(=O)C(C)C.CC(C)C(=O)OC(=O)C(C)C. The van der Waals surface area contributed by atoms with Gasteiger partial charge in [-0.15, -0.1) is 12.8 Å². The largest absolute Gasteiger partial charge is 0.461 e. The van der Waals surface area contributed by atoms with Gasteiger partial charge in [-0.2, -0.15) is 28.7 Å². The van der Waals surface area contributed by atoms with Crippen molar-refractivity contribution in [2.24, 2.45) is 23.7 Å². The number of nitrogen functional groups attached to an aromatic ring is 2. The molecule has 63 heavy (non-hydrogen) atoms. The van der Waals surface area contributed by atoms with Crippen molar-refractivity contribution in [2.45, 2.75) is 104 Å². The summed E-state index contributed by atoms with van der Waals surface area (Å²) in [6.45, 7) is 12.6. The zero-order valence-electron chi connectivity index (χ0n) is 35.8. The number of nitrogens with zero attached hydrogens (tertiary/aromatic N) is 8. The van der Waals surface area contributed by atoms with Crippen molar-refractivity contribution in [3.8, 4) is 24.7 Å². The molecule has 340 valence electrons. The number of aromatic nitrogens is 8. The van der Waals surface area contributed by atoms with Crippen LogP contribution in [0.5, 0.6) is 0 Å². The number of aliphatic hydroxyl groups is 2. The van der Waals surface area contributed by atoms with E-state index in [1.165, 1.54) is 21.8 Å². The fraction of sp³-hybridized carbons (Fsp3) is 0.550. The van der Waals surface area contributed by atoms with Crippen molar-refractivity contribution >= 4 is 57.8 Å². The van der Waals surface area contributed by atoms with Crippen LogP contribution < -0.4 is 11.5 Å². The lowest BCUT2D eigenvalue weighted by Crippen LogP contribution is -2.46. The number of aliphatic hydroxyl groups excluding tert-OH is 2. The molecular weight excluding hydrogens is 834 g/mol. The quantitative estimate of drug-likeness (QED) is 0.0583. The molecule has 6 N–H and O–H groups in total. The number of halogens is 2. The number of rotatable bonds is 10. The fourth-order valence-corrected chi connectivity index (χ4v) is 5.79. The summed E-state index contributed by atoms with van der Waals surface area (Å²) in [4.78, 5) is 68.2. The molecule has 0 aromatic carbocycles. The molecule has 2 aliphatic heterocycles. The Balaban J connectivity index is 0.000000234. The fourth-order valence-electron chi connectivity index (χ4n) is 5.79. The van der Waals surface area contributed by atoms with Gasteiger partial charge in [0.2, 0.25) is 5.60 Å². The number of esters is 4. The van der Waals surface area contributed by atoms with Crippen LogP contribution in [0.2, 0.25) is 0 Å². The lowest BCUT2D eigenvalue weighted by molar-refractivity contribution is -0.170. The standard InChI is InChI=1S/C20H24FN5O5.C12H12FN5O3.C8H14O3/c1-6-20(8-29-17(27)10(2)3)12(30-18(28)11(4)5)7-13(31-20)26-9-23-14-15(22)24-19(21)25-16(14)26;1-2-12(4-19)6(20)3-7(21-12)18-5-15-8-9(14)16-11(13)17-10(8)18;1-5(2)7(9)11-8(10)6(3)4/h1,9-13H,7-8H2,2-5H3,(H2,22,24,25);1,5-7,19-20H,3-4H2,(H2,14,16,17);5-6H,1-4H3/t12-,13+,20+;6-,7+,12+;/m00./s1. The van der Waals surface area contributed by atoms with E-state index in [1.807, 2.05) is 0 Å². The smallest absolute Gasteiger partial charge is 0.316 e. The van der Waals surface area contributed by atoms with Gasteiger partial charge in [0.05, 0.1) is 42.9 Å². The maximum atomic E-state index is 13.7. The third-order valence-electron chi connectivity index (χ3n) is 9.55. The Bertz CT molecular complexity index is 2390. The van der Waals surface area contributed by atoms with Crippen LogP contribution in [-0.2, 0) is 42.9 Å². The Morgan fingerprint density at radius 3 is 1.59 bits per heavy atom. The Hall–Kier alpha value is -6.40. The van der Waals surface area contributed by atoms with E-state index in [2.05, 4.69) is 46.5 Å². The summed E-state index contributed by atoms with van der Waals surface area (Å²) in [6.07, 6.45) is 8.37. The number of carbonyl (C=O) groups excluding carboxylic acids is 4. The van der Waals surface area contributed by atoms with Gasteiger partial charge < -0.3 is 45.4 Å². The minimum Gasteiger partial charge on any atom is -0.461 e. The molecule has 2 aliphatic rings. The predicted octanol–water partition coefficient (Wildman–Crippen LogP) is 2.17. The highest BCUT2D eigenvalue weighted by Gasteiger charge is 2.53. The van der Waals surface area contributed by atoms with E-state index in [4.69, 9.17) is 43.3 Å². The van der Waals surface area contributed by atoms with Crippen LogP contribution in [0.3, 0.4) is 0 Å². The van der Waals surface area contributed by atoms with Crippen molar-refractivity contribution in [3.63, 3.8) is 0 Å². The van der Waals surface area contributed by atoms with Crippen LogP contribution in [0.4, 0.5) is 20.4 Å². The molecule has 4 aromatic rings. The number of ether oxygens (including phenoxy) is 5. The number of hydrogen-bond acceptors (Lipinski definition) is 19. The van der Waals surface area contributed by atoms with Gasteiger partial charge in [0.1, 0.15) is 31.3 Å². The van der Waals surface area contributed by atoms with Crippen LogP contribution in [-0.4, -0.2) is 110 Å². The summed E-state index contributed by atoms with van der Waals surface area (Å²) in [5.41, 5.74) is 8.87. The molecule has 2 saturated heterocycles. The molecular formula is C40H50F2N10O11. The van der Waals surface area contributed by atoms with E-state index in [0.29, 0.717) is 0 Å². The van der Waals surface area contributed by atoms with Crippen molar-refractivity contribution < 1.29 is 61.9 Å². The second-order valence-electron chi connectivity index (χ2n) is 15.7. The molecule has 23 heteroatoms. The predicted molar refractivity (Wildman–Crippen MR) is 216 cm³/mol. The van der Waals surface area contributed by atoms with Gasteiger partial charge in [0, 0.05) is 12.8 Å². The lowest BCUT2D eigenvalue weighted by atomic mass is 9.98. The lowest BCUT2D eigenvalue weighted by Gasteiger charge is -2.29. The minimum atomic E-state index is -1.55. The molecule has 0 amide bonds. The second kappa shape index (κ2) is 20.2. The van der Waals surface area contributed by atoms with Crippen molar-refractivity contribution in [3.05, 3.63) is 24.8 Å². The molecule has 21 nitrogen and oxygen atoms in total. The number of hydrogen-bond donors (Lipinski definition) is 4. The van der Waals surface area contributed by atoms with E-state index < -0.39 is 84.4 Å². The van der Waals surface area contributed by atoms with Gasteiger partial charge >= 0.3 is 36.0 Å². The molecule has 2 fully saturated rings. The van der Waals surface area contributed by atoms with E-state index in [9.17, 15) is 38.2 Å². The number of nitrogens with two attached hydrogens (primary N) is 2. The summed E-state index contributed by atoms with van der Waals surface area (Å²) in [5.74, 6) is 1.36. The molecule has 0 radical (unpaired) electrons. The molecule has 0 bridgehead atoms. The van der Waals surface area contributed by atoms with Crippen LogP contribution in [0.1, 0.15) is 80.7 Å². The zero-order valence-corrected chi connectivity index (χ0v) is 35.8. The Morgan fingerprint density at radius 2 is 1.19 bits per heavy atom. The molecule has 4 aromatic heterocycles. The average Bonchev–Trinajstić information content (AvgIpc) is 4.00. The third kappa shape index (κ3) is 11.0. The van der Waals surface area contributed by atoms with E-state index in [0.717, 1.165) is 0 Å². The first-order valence-electron chi connectivity index (χ1n) is 19.6. The highest BCUT2D eigenvalue weighted by Crippen LogP contribution is 2.41. The van der Waals surface area contributed by atoms with Crippen molar-refractivity contribution in [1.29, 1.82) is 0 Å². The number of terminal acetylenes is 2. The summed E-state index contributed by atoms with van der Waals surface area (Å²) in [5, 5.41) is 19.3. The van der Waals surface area contributed by atoms with Gasteiger partial charge in [0.15, 0.2) is 39.6 Å². The molecule has 0 saturated carbocycles. The Morgan fingerprint density at radius 1 is 0.762 bits per heavy atom. The molecule has 0 unspecified atom stereocenters. The van der Waals surface area contributed by atoms with Crippen LogP contribution in [0.15, 0.2) is 12.7 Å². The summed E-state index contributed by atoms with van der Waals surface area (Å²) in [7, 11) is 0. The highest BCUT2D eigenvalue weighted by atomic mass is 19.1. The van der Waals surface area contributed by atoms with Gasteiger partial charge in [-0.25, -0.2) is 9.97 Å². The van der Waals surface area contributed by atoms with E-state index in [-0.39, 0.29) is 71.2 Å². The summed E-state index contributed by atoms with van der Waals surface area (Å²) >= 11 is 0. The monoisotopic (exact) mass is 884 g/mol. The number of fused-ring (bicyclic) bond motifs is 2. The summed E-state index contributed by atoms with van der Waals surface area (Å²) in [6, 6.07) is 0. The Labute approximate surface area is 360 Å². The van der Waals surface area contributed by atoms with E-state index in [1.54, 1.807) is 55.4 Å². The average molecular weight is 885 g/mol. The number of carbonyl (C=O) groups is 4. The van der Waals surface area contributed by atoms with Gasteiger partial charge in [0.25, 0.3) is 0 Å². The van der Waals surface area contributed by atoms with Gasteiger partial charge in [-0.05, 0) is 0 Å². The maximum Gasteiger partial charge on any atom is 0.316 e. The molecule has 6 atom stereocenters. The maximum absolute atomic E-state index is 13.7. The van der Waals surface area contributed by atoms with Gasteiger partial charge in [-0.1, -0.05) is 67.2 Å². The zero-order chi connectivity index (χ0) is 47.1. The van der Waals surface area contributed by atoms with Crippen LogP contribution in [0, 0.1) is 60.5 Å². The first-order chi connectivity index (χ1) is 29.5. The first-order valence-corrected chi connectivity index (χ1v) is 19.6. The first kappa shape index (κ1) is 49.3. The number of anilines is 2. The molecule has 0 aliphatic carbocycles. The van der Waals surface area contributed by atoms with Crippen LogP contribution >= 0.6 is 0 Å². The summed E-state index contributed by atoms with van der Waals surface area (Å²) < 4.78 is 56.9.